The molecule has 1 fully saturated rings. The monoisotopic (exact) mass is 441 g/mol. The summed E-state index contributed by atoms with van der Waals surface area (Å²) < 4.78 is 7.75. The van der Waals surface area contributed by atoms with E-state index in [9.17, 15) is 0 Å². The van der Waals surface area contributed by atoms with Gasteiger partial charge in [-0.1, -0.05) is 12.1 Å². The number of nitrogens with zero attached hydrogens (tertiary/aromatic N) is 5. The van der Waals surface area contributed by atoms with Crippen LogP contribution in [0, 0.1) is 0 Å². The van der Waals surface area contributed by atoms with Crippen molar-refractivity contribution < 1.29 is 4.74 Å². The van der Waals surface area contributed by atoms with E-state index >= 15 is 0 Å². The molecule has 1 aromatic carbocycles. The summed E-state index contributed by atoms with van der Waals surface area (Å²) in [6.07, 6.45) is 9.08. The number of piperazine rings is 1. The second-order valence-electron chi connectivity index (χ2n) is 8.80. The molecule has 6 heteroatoms. The fraction of sp³-hybridized carbons (Fsp3) is 0.333. The van der Waals surface area contributed by atoms with Crippen LogP contribution >= 0.6 is 0 Å². The number of pyridine rings is 2. The molecular weight excluding hydrogens is 410 g/mol. The van der Waals surface area contributed by atoms with Crippen LogP contribution in [0.15, 0.2) is 67.3 Å². The van der Waals surface area contributed by atoms with Crippen LogP contribution in [0.3, 0.4) is 0 Å². The molecule has 33 heavy (non-hydrogen) atoms. The predicted molar refractivity (Wildman–Crippen MR) is 134 cm³/mol. The van der Waals surface area contributed by atoms with E-state index in [1.54, 1.807) is 7.11 Å². The van der Waals surface area contributed by atoms with Gasteiger partial charge >= 0.3 is 0 Å². The molecule has 0 radical (unpaired) electrons. The summed E-state index contributed by atoms with van der Waals surface area (Å²) in [5, 5.41) is 0. The third-order valence-corrected chi connectivity index (χ3v) is 6.56. The van der Waals surface area contributed by atoms with Gasteiger partial charge in [0.2, 0.25) is 0 Å². The Kier molecular flexibility index (Phi) is 6.37. The van der Waals surface area contributed by atoms with Crippen molar-refractivity contribution in [3.05, 3.63) is 67.3 Å². The fourth-order valence-corrected chi connectivity index (χ4v) is 4.60. The van der Waals surface area contributed by atoms with Crippen molar-refractivity contribution in [2.45, 2.75) is 13.0 Å². The van der Waals surface area contributed by atoms with Gasteiger partial charge in [-0.25, -0.2) is 0 Å². The van der Waals surface area contributed by atoms with Crippen LogP contribution in [0.5, 0.6) is 5.75 Å². The zero-order valence-electron chi connectivity index (χ0n) is 19.4. The highest BCUT2D eigenvalue weighted by atomic mass is 16.5. The molecule has 5 rings (SSSR count). The summed E-state index contributed by atoms with van der Waals surface area (Å²) in [6.45, 7) is 6.78. The van der Waals surface area contributed by atoms with Crippen LogP contribution < -0.4 is 4.74 Å². The lowest BCUT2D eigenvalue weighted by molar-refractivity contribution is 0.151. The van der Waals surface area contributed by atoms with E-state index < -0.39 is 0 Å². The highest BCUT2D eigenvalue weighted by molar-refractivity contribution is 5.93. The smallest absolute Gasteiger partial charge is 0.119 e. The van der Waals surface area contributed by atoms with Gasteiger partial charge in [-0.3, -0.25) is 9.97 Å². The zero-order valence-corrected chi connectivity index (χ0v) is 19.4. The predicted octanol–water partition coefficient (Wildman–Crippen LogP) is 4.41. The number of aromatic nitrogens is 3. The number of rotatable bonds is 7. The fourth-order valence-electron chi connectivity index (χ4n) is 4.60. The molecule has 1 aliphatic rings. The van der Waals surface area contributed by atoms with Gasteiger partial charge < -0.3 is 19.1 Å². The van der Waals surface area contributed by atoms with E-state index in [1.165, 1.54) is 18.6 Å². The Morgan fingerprint density at radius 2 is 1.76 bits per heavy atom. The largest absolute Gasteiger partial charge is 0.497 e. The second-order valence-corrected chi connectivity index (χ2v) is 8.80. The molecule has 1 saturated heterocycles. The summed E-state index contributed by atoms with van der Waals surface area (Å²) in [5.74, 6) is 0.844. The maximum atomic E-state index is 5.40. The lowest BCUT2D eigenvalue weighted by Crippen LogP contribution is -2.44. The Bertz CT molecular complexity index is 1230. The number of aryl methyl sites for hydroxylation is 1. The first kappa shape index (κ1) is 21.6. The van der Waals surface area contributed by atoms with E-state index in [0.717, 1.165) is 66.1 Å². The van der Waals surface area contributed by atoms with E-state index in [0.29, 0.717) is 0 Å². The summed E-state index contributed by atoms with van der Waals surface area (Å²) in [4.78, 5) is 14.3. The maximum absolute atomic E-state index is 5.40. The van der Waals surface area contributed by atoms with Crippen LogP contribution in [0.1, 0.15) is 6.42 Å². The highest BCUT2D eigenvalue weighted by Gasteiger charge is 2.15. The number of likely N-dealkylation sites (N-methyl/N-ethyl adjacent to an activating group) is 1. The average molecular weight is 442 g/mol. The second kappa shape index (κ2) is 9.73. The first-order chi connectivity index (χ1) is 16.2. The third kappa shape index (κ3) is 4.77. The lowest BCUT2D eigenvalue weighted by Gasteiger charge is -2.32. The molecule has 170 valence electrons. The minimum absolute atomic E-state index is 0.844. The third-order valence-electron chi connectivity index (χ3n) is 6.56. The Labute approximate surface area is 195 Å². The van der Waals surface area contributed by atoms with Gasteiger partial charge in [0.05, 0.1) is 18.1 Å². The van der Waals surface area contributed by atoms with E-state index in [4.69, 9.17) is 9.72 Å². The summed E-state index contributed by atoms with van der Waals surface area (Å²) in [7, 11) is 3.90. The normalized spacial score (nSPS) is 15.2. The number of fused-ring (bicyclic) bond motifs is 1. The van der Waals surface area contributed by atoms with E-state index in [2.05, 4.69) is 50.8 Å². The number of ether oxygens (including phenoxy) is 1. The summed E-state index contributed by atoms with van der Waals surface area (Å²) in [6, 6.07) is 14.5. The van der Waals surface area contributed by atoms with E-state index in [1.807, 2.05) is 42.9 Å². The SMILES string of the molecule is COc1cccc(-c2cncc(-c3cn(CCCN4CCN(C)CC4)c4cccnc34)c2)c1. The van der Waals surface area contributed by atoms with Crippen molar-refractivity contribution >= 4 is 11.0 Å². The highest BCUT2D eigenvalue weighted by Crippen LogP contribution is 2.32. The van der Waals surface area contributed by atoms with Crippen LogP contribution in [0.4, 0.5) is 0 Å². The van der Waals surface area contributed by atoms with Crippen LogP contribution in [-0.4, -0.2) is 71.2 Å². The Hall–Kier alpha value is -3.22. The lowest BCUT2D eigenvalue weighted by atomic mass is 10.0. The first-order valence-electron chi connectivity index (χ1n) is 11.7. The molecule has 0 aliphatic carbocycles. The van der Waals surface area contributed by atoms with Gasteiger partial charge in [0.15, 0.2) is 0 Å². The summed E-state index contributed by atoms with van der Waals surface area (Å²) in [5.41, 5.74) is 6.57. The van der Waals surface area contributed by atoms with Crippen molar-refractivity contribution in [3.63, 3.8) is 0 Å². The van der Waals surface area contributed by atoms with Crippen LogP contribution in [-0.2, 0) is 6.54 Å². The Morgan fingerprint density at radius 1 is 0.909 bits per heavy atom. The molecule has 0 amide bonds. The molecule has 0 N–H and O–H groups in total. The van der Waals surface area contributed by atoms with Gasteiger partial charge in [-0.05, 0) is 55.9 Å². The van der Waals surface area contributed by atoms with Gasteiger partial charge in [0.25, 0.3) is 0 Å². The van der Waals surface area contributed by atoms with Crippen molar-refractivity contribution in [2.24, 2.45) is 0 Å². The molecule has 0 unspecified atom stereocenters. The van der Waals surface area contributed by atoms with Crippen LogP contribution in [0.25, 0.3) is 33.3 Å². The molecule has 3 aromatic heterocycles. The first-order valence-corrected chi connectivity index (χ1v) is 11.7. The minimum Gasteiger partial charge on any atom is -0.497 e. The standard InChI is InChI=1S/C27H31N5O/c1-30-12-14-31(15-13-30)10-5-11-32-20-25(27-26(32)8-4-9-29-27)23-16-22(18-28-19-23)21-6-3-7-24(17-21)33-2/h3-4,6-9,16-20H,5,10-15H2,1-2H3. The topological polar surface area (TPSA) is 46.4 Å². The molecule has 0 saturated carbocycles. The molecular formula is C27H31N5O. The van der Waals surface area contributed by atoms with Gasteiger partial charge in [0.1, 0.15) is 5.75 Å². The average Bonchev–Trinajstić information content (AvgIpc) is 3.24. The Morgan fingerprint density at radius 3 is 2.61 bits per heavy atom. The van der Waals surface area contributed by atoms with Gasteiger partial charge in [-0.15, -0.1) is 0 Å². The van der Waals surface area contributed by atoms with Gasteiger partial charge in [-0.2, -0.15) is 0 Å². The van der Waals surface area contributed by atoms with Crippen molar-refractivity contribution in [1.29, 1.82) is 0 Å². The molecule has 4 heterocycles. The minimum atomic E-state index is 0.844. The summed E-state index contributed by atoms with van der Waals surface area (Å²) >= 11 is 0. The Balaban J connectivity index is 1.40. The van der Waals surface area contributed by atoms with E-state index in [-0.39, 0.29) is 0 Å². The number of benzene rings is 1. The van der Waals surface area contributed by atoms with Crippen LogP contribution in [0.2, 0.25) is 0 Å². The number of hydrogen-bond donors (Lipinski definition) is 0. The van der Waals surface area contributed by atoms with Crippen molar-refractivity contribution in [3.8, 4) is 28.0 Å². The maximum Gasteiger partial charge on any atom is 0.119 e. The molecule has 0 spiro atoms. The van der Waals surface area contributed by atoms with Gasteiger partial charge in [0, 0.05) is 74.2 Å². The van der Waals surface area contributed by atoms with Crippen molar-refractivity contribution in [2.75, 3.05) is 46.9 Å². The number of methoxy groups -OCH3 is 1. The molecule has 4 aromatic rings. The molecule has 0 bridgehead atoms. The number of hydrogen-bond acceptors (Lipinski definition) is 5. The molecule has 0 atom stereocenters. The zero-order chi connectivity index (χ0) is 22.6. The quantitative estimate of drug-likeness (QED) is 0.425. The molecule has 6 nitrogen and oxygen atoms in total. The molecule has 1 aliphatic heterocycles. The van der Waals surface area contributed by atoms with Crippen molar-refractivity contribution in [1.82, 2.24) is 24.3 Å².